The number of methoxy groups -OCH3 is 1. The van der Waals surface area contributed by atoms with E-state index in [-0.39, 0.29) is 0 Å². The second-order valence-corrected chi connectivity index (χ2v) is 5.49. The largest absolute Gasteiger partial charge is 0.486 e. The molecule has 0 fully saturated rings. The lowest BCUT2D eigenvalue weighted by atomic mass is 10.2. The molecule has 0 bridgehead atoms. The van der Waals surface area contributed by atoms with E-state index in [1.165, 1.54) is 11.5 Å². The molecule has 0 spiro atoms. The summed E-state index contributed by atoms with van der Waals surface area (Å²) in [5, 5.41) is 0.872. The van der Waals surface area contributed by atoms with Gasteiger partial charge in [-0.15, -0.1) is 0 Å². The van der Waals surface area contributed by atoms with Crippen LogP contribution >= 0.6 is 11.5 Å². The molecular weight excluding hydrogens is 290 g/mol. The van der Waals surface area contributed by atoms with Crippen LogP contribution in [0.4, 0.5) is 5.13 Å². The average molecular weight is 307 g/mol. The Labute approximate surface area is 127 Å². The lowest BCUT2D eigenvalue weighted by Gasteiger charge is -2.20. The van der Waals surface area contributed by atoms with Gasteiger partial charge in [0, 0.05) is 32.2 Å². The number of anilines is 1. The number of hydrogen-bond donors (Lipinski definition) is 0. The molecule has 112 valence electrons. The number of rotatable bonds is 5. The van der Waals surface area contributed by atoms with Crippen LogP contribution in [0, 0.1) is 0 Å². The van der Waals surface area contributed by atoms with Crippen molar-refractivity contribution in [2.24, 2.45) is 0 Å². The predicted molar refractivity (Wildman–Crippen MR) is 80.2 cm³/mol. The Morgan fingerprint density at radius 3 is 2.90 bits per heavy atom. The lowest BCUT2D eigenvalue weighted by molar-refractivity contribution is 0.171. The van der Waals surface area contributed by atoms with E-state index in [0.29, 0.717) is 25.6 Å². The van der Waals surface area contributed by atoms with Gasteiger partial charge in [0.15, 0.2) is 17.3 Å². The minimum atomic E-state index is 0.439. The molecule has 3 rings (SSSR count). The van der Waals surface area contributed by atoms with Gasteiger partial charge in [0.1, 0.15) is 19.8 Å². The summed E-state index contributed by atoms with van der Waals surface area (Å²) in [6.45, 7) is 2.38. The quantitative estimate of drug-likeness (QED) is 0.843. The molecule has 0 unspecified atom stereocenters. The number of benzene rings is 1. The van der Waals surface area contributed by atoms with Crippen molar-refractivity contribution in [2.75, 3.05) is 32.3 Å². The fraction of sp³-hybridized carbons (Fsp3) is 0.429. The summed E-state index contributed by atoms with van der Waals surface area (Å²) in [6.07, 6.45) is 0. The van der Waals surface area contributed by atoms with Gasteiger partial charge < -0.3 is 19.1 Å². The van der Waals surface area contributed by atoms with Crippen molar-refractivity contribution in [2.45, 2.75) is 13.2 Å². The van der Waals surface area contributed by atoms with Crippen molar-refractivity contribution in [3.05, 3.63) is 29.6 Å². The van der Waals surface area contributed by atoms with Crippen molar-refractivity contribution < 1.29 is 14.2 Å². The minimum absolute atomic E-state index is 0.439. The van der Waals surface area contributed by atoms with Gasteiger partial charge >= 0.3 is 0 Å². The van der Waals surface area contributed by atoms with E-state index in [0.717, 1.165) is 28.7 Å². The van der Waals surface area contributed by atoms with Gasteiger partial charge in [-0.2, -0.15) is 4.37 Å². The highest BCUT2D eigenvalue weighted by Gasteiger charge is 2.14. The molecule has 6 nitrogen and oxygen atoms in total. The van der Waals surface area contributed by atoms with Crippen LogP contribution in [-0.4, -0.2) is 36.7 Å². The number of fused-ring (bicyclic) bond motifs is 1. The Hall–Kier alpha value is -1.86. The molecule has 21 heavy (non-hydrogen) atoms. The standard InChI is InChI=1S/C14H17N3O3S/c1-17(14-15-13(9-18-2)16-21-14)8-10-3-4-11-12(7-10)20-6-5-19-11/h3-4,7H,5-6,8-9H2,1-2H3. The third-order valence-electron chi connectivity index (χ3n) is 3.08. The Morgan fingerprint density at radius 2 is 2.10 bits per heavy atom. The van der Waals surface area contributed by atoms with Crippen molar-refractivity contribution in [1.82, 2.24) is 9.36 Å². The first-order valence-electron chi connectivity index (χ1n) is 6.67. The van der Waals surface area contributed by atoms with Crippen LogP contribution in [0.15, 0.2) is 18.2 Å². The highest BCUT2D eigenvalue weighted by atomic mass is 32.1. The zero-order valence-electron chi connectivity index (χ0n) is 12.0. The van der Waals surface area contributed by atoms with Gasteiger partial charge in [-0.1, -0.05) is 6.07 Å². The van der Waals surface area contributed by atoms with Gasteiger partial charge in [-0.3, -0.25) is 0 Å². The fourth-order valence-electron chi connectivity index (χ4n) is 2.12. The Bertz CT molecular complexity index is 617. The Balaban J connectivity index is 1.70. The van der Waals surface area contributed by atoms with E-state index in [2.05, 4.69) is 14.3 Å². The molecule has 0 saturated heterocycles. The first-order chi connectivity index (χ1) is 10.3. The molecule has 0 saturated carbocycles. The second-order valence-electron chi connectivity index (χ2n) is 4.76. The van der Waals surface area contributed by atoms with Gasteiger partial charge in [-0.05, 0) is 17.7 Å². The van der Waals surface area contributed by atoms with E-state index in [1.54, 1.807) is 7.11 Å². The molecule has 2 aromatic rings. The normalized spacial score (nSPS) is 13.2. The maximum atomic E-state index is 5.60. The second kappa shape index (κ2) is 6.28. The number of aromatic nitrogens is 2. The zero-order chi connectivity index (χ0) is 14.7. The number of hydrogen-bond acceptors (Lipinski definition) is 7. The average Bonchev–Trinajstić information content (AvgIpc) is 2.96. The summed E-state index contributed by atoms with van der Waals surface area (Å²) in [5.74, 6) is 2.34. The van der Waals surface area contributed by atoms with E-state index in [4.69, 9.17) is 14.2 Å². The van der Waals surface area contributed by atoms with E-state index in [1.807, 2.05) is 25.2 Å². The molecule has 2 heterocycles. The molecular formula is C14H17N3O3S. The predicted octanol–water partition coefficient (Wildman–Crippen LogP) is 2.09. The zero-order valence-corrected chi connectivity index (χ0v) is 12.9. The summed E-state index contributed by atoms with van der Waals surface area (Å²) < 4.78 is 20.4. The molecule has 0 amide bonds. The summed E-state index contributed by atoms with van der Waals surface area (Å²) in [6, 6.07) is 6.01. The summed E-state index contributed by atoms with van der Waals surface area (Å²) in [7, 11) is 3.63. The first-order valence-corrected chi connectivity index (χ1v) is 7.45. The highest BCUT2D eigenvalue weighted by Crippen LogP contribution is 2.31. The maximum absolute atomic E-state index is 5.60. The Morgan fingerprint density at radius 1 is 1.29 bits per heavy atom. The van der Waals surface area contributed by atoms with Crippen molar-refractivity contribution >= 4 is 16.7 Å². The van der Waals surface area contributed by atoms with E-state index in [9.17, 15) is 0 Å². The Kier molecular flexibility index (Phi) is 4.21. The topological polar surface area (TPSA) is 56.7 Å². The molecule has 1 aliphatic rings. The van der Waals surface area contributed by atoms with Crippen LogP contribution in [0.5, 0.6) is 11.5 Å². The van der Waals surface area contributed by atoms with Gasteiger partial charge in [-0.25, -0.2) is 4.98 Å². The monoisotopic (exact) mass is 307 g/mol. The van der Waals surface area contributed by atoms with E-state index < -0.39 is 0 Å². The van der Waals surface area contributed by atoms with Crippen LogP contribution in [0.1, 0.15) is 11.4 Å². The molecule has 1 aromatic carbocycles. The third kappa shape index (κ3) is 3.25. The number of nitrogens with zero attached hydrogens (tertiary/aromatic N) is 3. The smallest absolute Gasteiger partial charge is 0.205 e. The van der Waals surface area contributed by atoms with E-state index >= 15 is 0 Å². The summed E-state index contributed by atoms with van der Waals surface area (Å²) in [5.41, 5.74) is 1.14. The van der Waals surface area contributed by atoms with Crippen molar-refractivity contribution in [3.63, 3.8) is 0 Å². The SMILES string of the molecule is COCc1nsc(N(C)Cc2ccc3c(c2)OCCO3)n1. The van der Waals surface area contributed by atoms with Crippen LogP contribution < -0.4 is 14.4 Å². The molecule has 0 atom stereocenters. The molecule has 1 aromatic heterocycles. The van der Waals surface area contributed by atoms with Crippen molar-refractivity contribution in [1.29, 1.82) is 0 Å². The highest BCUT2D eigenvalue weighted by molar-refractivity contribution is 7.09. The molecule has 1 aliphatic heterocycles. The summed E-state index contributed by atoms with van der Waals surface area (Å²) >= 11 is 1.37. The molecule has 7 heteroatoms. The van der Waals surface area contributed by atoms with Gasteiger partial charge in [0.05, 0.1) is 0 Å². The maximum Gasteiger partial charge on any atom is 0.205 e. The summed E-state index contributed by atoms with van der Waals surface area (Å²) in [4.78, 5) is 6.49. The number of ether oxygens (including phenoxy) is 3. The first kappa shape index (κ1) is 14.1. The van der Waals surface area contributed by atoms with Crippen LogP contribution in [0.3, 0.4) is 0 Å². The lowest BCUT2D eigenvalue weighted by Crippen LogP contribution is -2.18. The van der Waals surface area contributed by atoms with Crippen LogP contribution in [0.25, 0.3) is 0 Å². The van der Waals surface area contributed by atoms with Gasteiger partial charge in [0.2, 0.25) is 5.13 Å². The van der Waals surface area contributed by atoms with Crippen molar-refractivity contribution in [3.8, 4) is 11.5 Å². The molecule has 0 radical (unpaired) electrons. The van der Waals surface area contributed by atoms with Crippen LogP contribution in [0.2, 0.25) is 0 Å². The minimum Gasteiger partial charge on any atom is -0.486 e. The fourth-order valence-corrected chi connectivity index (χ4v) is 2.75. The van der Waals surface area contributed by atoms with Crippen LogP contribution in [-0.2, 0) is 17.9 Å². The molecule has 0 aliphatic carbocycles. The third-order valence-corrected chi connectivity index (χ3v) is 3.95. The van der Waals surface area contributed by atoms with Gasteiger partial charge in [0.25, 0.3) is 0 Å². The molecule has 0 N–H and O–H groups in total.